The molecule has 0 amide bonds. The number of benzene rings is 4. The van der Waals surface area contributed by atoms with Crippen LogP contribution in [0, 0.1) is 0 Å². The molecule has 30 heavy (non-hydrogen) atoms. The number of halogens is 1. The first-order chi connectivity index (χ1) is 14.8. The summed E-state index contributed by atoms with van der Waals surface area (Å²) in [5, 5.41) is 4.13. The molecule has 0 radical (unpaired) electrons. The van der Waals surface area contributed by atoms with Crippen LogP contribution >= 0.6 is 11.6 Å². The van der Waals surface area contributed by atoms with Crippen molar-refractivity contribution in [3.63, 3.8) is 0 Å². The zero-order chi connectivity index (χ0) is 20.1. The van der Waals surface area contributed by atoms with Crippen LogP contribution in [0.1, 0.15) is 0 Å². The second kappa shape index (κ2) is 6.65. The average Bonchev–Trinajstić information content (AvgIpc) is 3.31. The highest BCUT2D eigenvalue weighted by Gasteiger charge is 2.18. The predicted molar refractivity (Wildman–Crippen MR) is 124 cm³/mol. The third kappa shape index (κ3) is 2.51. The van der Waals surface area contributed by atoms with Crippen LogP contribution in [0.25, 0.3) is 33.5 Å². The highest BCUT2D eigenvalue weighted by atomic mass is 35.5. The van der Waals surface area contributed by atoms with Gasteiger partial charge in [0.2, 0.25) is 5.78 Å². The lowest BCUT2D eigenvalue weighted by Crippen LogP contribution is -1.95. The molecule has 0 spiro atoms. The van der Waals surface area contributed by atoms with Crippen molar-refractivity contribution in [3.05, 3.63) is 102 Å². The van der Waals surface area contributed by atoms with Crippen molar-refractivity contribution in [2.75, 3.05) is 5.32 Å². The van der Waals surface area contributed by atoms with Gasteiger partial charge in [-0.3, -0.25) is 8.97 Å². The molecular weight excluding hydrogens is 392 g/mol. The standard InChI is InChI=1S/C25H17ClN4/c26-18-11-4-5-12-19(18)27-20-13-8-16-23-24(20)28-25-29(17-9-2-1-3-10-17)21-14-6-7-15-22(21)30(23)25/h1-16,27H. The molecule has 6 rings (SSSR count). The van der Waals surface area contributed by atoms with Gasteiger partial charge in [0.15, 0.2) is 0 Å². The third-order valence-electron chi connectivity index (χ3n) is 5.39. The predicted octanol–water partition coefficient (Wildman–Crippen LogP) is 6.83. The molecule has 0 atom stereocenters. The van der Waals surface area contributed by atoms with Gasteiger partial charge in [-0.05, 0) is 48.5 Å². The van der Waals surface area contributed by atoms with Gasteiger partial charge in [0.25, 0.3) is 0 Å². The highest BCUT2D eigenvalue weighted by Crippen LogP contribution is 2.34. The molecule has 0 aliphatic heterocycles. The van der Waals surface area contributed by atoms with E-state index in [9.17, 15) is 0 Å². The molecule has 2 aromatic heterocycles. The summed E-state index contributed by atoms with van der Waals surface area (Å²) < 4.78 is 4.42. The van der Waals surface area contributed by atoms with Crippen molar-refractivity contribution < 1.29 is 0 Å². The molecule has 2 heterocycles. The molecule has 0 saturated heterocycles. The van der Waals surface area contributed by atoms with Gasteiger partial charge in [0.05, 0.1) is 32.9 Å². The van der Waals surface area contributed by atoms with Crippen molar-refractivity contribution in [2.45, 2.75) is 0 Å². The van der Waals surface area contributed by atoms with Crippen LogP contribution in [0.4, 0.5) is 11.4 Å². The number of nitrogens with zero attached hydrogens (tertiary/aromatic N) is 3. The van der Waals surface area contributed by atoms with Gasteiger partial charge < -0.3 is 5.32 Å². The SMILES string of the molecule is Clc1ccccc1Nc1cccc2c1nc1n(-c3ccccc3)c3ccccc3n21. The Labute approximate surface area is 178 Å². The van der Waals surface area contributed by atoms with Crippen molar-refractivity contribution >= 4 is 50.8 Å². The van der Waals surface area contributed by atoms with Gasteiger partial charge in [-0.1, -0.05) is 60.1 Å². The maximum Gasteiger partial charge on any atom is 0.220 e. The molecule has 4 aromatic carbocycles. The zero-order valence-corrected chi connectivity index (χ0v) is 16.7. The molecule has 5 heteroatoms. The first-order valence-electron chi connectivity index (χ1n) is 9.79. The Bertz CT molecular complexity index is 1530. The van der Waals surface area contributed by atoms with Crippen LogP contribution in [-0.2, 0) is 0 Å². The summed E-state index contributed by atoms with van der Waals surface area (Å²) in [6.45, 7) is 0. The zero-order valence-electron chi connectivity index (χ0n) is 16.0. The van der Waals surface area contributed by atoms with Crippen LogP contribution < -0.4 is 5.32 Å². The van der Waals surface area contributed by atoms with E-state index >= 15 is 0 Å². The Balaban J connectivity index is 1.67. The van der Waals surface area contributed by atoms with Gasteiger partial charge in [0, 0.05) is 5.69 Å². The first kappa shape index (κ1) is 17.1. The van der Waals surface area contributed by atoms with Gasteiger partial charge in [0.1, 0.15) is 5.52 Å². The molecule has 144 valence electrons. The Morgan fingerprint density at radius 2 is 1.30 bits per heavy atom. The molecule has 0 bridgehead atoms. The summed E-state index contributed by atoms with van der Waals surface area (Å²) in [5.41, 5.74) is 7.06. The topological polar surface area (TPSA) is 34.3 Å². The number of aromatic nitrogens is 3. The first-order valence-corrected chi connectivity index (χ1v) is 10.2. The maximum atomic E-state index is 6.37. The Morgan fingerprint density at radius 1 is 0.633 bits per heavy atom. The number of rotatable bonds is 3. The number of imidazole rings is 2. The van der Waals surface area contributed by atoms with Crippen LogP contribution in [-0.4, -0.2) is 14.0 Å². The fourth-order valence-corrected chi connectivity index (χ4v) is 4.25. The highest BCUT2D eigenvalue weighted by molar-refractivity contribution is 6.33. The number of hydrogen-bond donors (Lipinski definition) is 1. The molecule has 4 nitrogen and oxygen atoms in total. The van der Waals surface area contributed by atoms with E-state index in [1.54, 1.807) is 0 Å². The molecule has 1 N–H and O–H groups in total. The molecule has 0 unspecified atom stereocenters. The van der Waals surface area contributed by atoms with E-state index in [2.05, 4.69) is 56.7 Å². The largest absolute Gasteiger partial charge is 0.352 e. The van der Waals surface area contributed by atoms with Crippen molar-refractivity contribution in [3.8, 4) is 5.69 Å². The van der Waals surface area contributed by atoms with E-state index in [4.69, 9.17) is 16.6 Å². The molecule has 6 aromatic rings. The van der Waals surface area contributed by atoms with E-state index in [1.165, 1.54) is 0 Å². The molecule has 0 saturated carbocycles. The number of nitrogens with one attached hydrogen (secondary N) is 1. The van der Waals surface area contributed by atoms with Gasteiger partial charge in [-0.15, -0.1) is 0 Å². The number of anilines is 2. The number of fused-ring (bicyclic) bond motifs is 5. The van der Waals surface area contributed by atoms with Gasteiger partial charge >= 0.3 is 0 Å². The Kier molecular flexibility index (Phi) is 3.79. The second-order valence-electron chi connectivity index (χ2n) is 7.19. The quantitative estimate of drug-likeness (QED) is 0.348. The monoisotopic (exact) mass is 408 g/mol. The van der Waals surface area contributed by atoms with E-state index in [0.717, 1.165) is 44.9 Å². The lowest BCUT2D eigenvalue weighted by Gasteiger charge is -2.09. The molecule has 0 fully saturated rings. The maximum absolute atomic E-state index is 6.37. The fourth-order valence-electron chi connectivity index (χ4n) is 4.06. The van der Waals surface area contributed by atoms with Crippen LogP contribution in [0.2, 0.25) is 5.02 Å². The summed E-state index contributed by atoms with van der Waals surface area (Å²) in [7, 11) is 0. The Morgan fingerprint density at radius 3 is 2.13 bits per heavy atom. The van der Waals surface area contributed by atoms with Crippen molar-refractivity contribution in [2.24, 2.45) is 0 Å². The van der Waals surface area contributed by atoms with Crippen LogP contribution in [0.15, 0.2) is 97.1 Å². The summed E-state index contributed by atoms with van der Waals surface area (Å²) in [6, 6.07) is 32.7. The van der Waals surface area contributed by atoms with E-state index in [1.807, 2.05) is 54.6 Å². The molecule has 0 aliphatic carbocycles. The number of hydrogen-bond acceptors (Lipinski definition) is 2. The molecule has 0 aliphatic rings. The minimum atomic E-state index is 0.678. The lowest BCUT2D eigenvalue weighted by molar-refractivity contribution is 1.11. The summed E-state index contributed by atoms with van der Waals surface area (Å²) in [5.74, 6) is 0.880. The third-order valence-corrected chi connectivity index (χ3v) is 5.72. The minimum absolute atomic E-state index is 0.678. The average molecular weight is 409 g/mol. The van der Waals surface area contributed by atoms with Gasteiger partial charge in [-0.2, -0.15) is 0 Å². The minimum Gasteiger partial charge on any atom is -0.352 e. The fraction of sp³-hybridized carbons (Fsp3) is 0. The summed E-state index contributed by atoms with van der Waals surface area (Å²) in [4.78, 5) is 5.07. The van der Waals surface area contributed by atoms with Crippen molar-refractivity contribution in [1.82, 2.24) is 14.0 Å². The lowest BCUT2D eigenvalue weighted by atomic mass is 10.2. The van der Waals surface area contributed by atoms with E-state index in [-0.39, 0.29) is 0 Å². The molecular formula is C25H17ClN4. The van der Waals surface area contributed by atoms with Gasteiger partial charge in [-0.25, -0.2) is 4.98 Å². The van der Waals surface area contributed by atoms with E-state index in [0.29, 0.717) is 5.02 Å². The normalized spacial score (nSPS) is 11.5. The van der Waals surface area contributed by atoms with Crippen LogP contribution in [0.3, 0.4) is 0 Å². The number of para-hydroxylation sites is 5. The second-order valence-corrected chi connectivity index (χ2v) is 7.59. The van der Waals surface area contributed by atoms with E-state index < -0.39 is 0 Å². The van der Waals surface area contributed by atoms with Crippen LogP contribution in [0.5, 0.6) is 0 Å². The van der Waals surface area contributed by atoms with Crippen molar-refractivity contribution in [1.29, 1.82) is 0 Å². The summed E-state index contributed by atoms with van der Waals surface area (Å²) >= 11 is 6.37. The summed E-state index contributed by atoms with van der Waals surface area (Å²) in [6.07, 6.45) is 0. The Hall–Kier alpha value is -3.76. The smallest absolute Gasteiger partial charge is 0.220 e.